The number of methoxy groups -OCH3 is 2. The molecule has 2 nitrogen and oxygen atoms in total. The van der Waals surface area contributed by atoms with Crippen molar-refractivity contribution in [3.8, 4) is 0 Å². The van der Waals surface area contributed by atoms with Crippen LogP contribution in [0.5, 0.6) is 0 Å². The van der Waals surface area contributed by atoms with Crippen molar-refractivity contribution in [3.63, 3.8) is 0 Å². The van der Waals surface area contributed by atoms with Gasteiger partial charge in [0.25, 0.3) is 0 Å². The first-order valence-corrected chi connectivity index (χ1v) is 4.73. The summed E-state index contributed by atoms with van der Waals surface area (Å²) in [6.45, 7) is 4.49. The third-order valence-corrected chi connectivity index (χ3v) is 3.94. The Morgan fingerprint density at radius 1 is 0.917 bits per heavy atom. The second-order valence-electron chi connectivity index (χ2n) is 4.40. The lowest BCUT2D eigenvalue weighted by Gasteiger charge is -2.26. The highest BCUT2D eigenvalue weighted by Gasteiger charge is 2.75. The predicted molar refractivity (Wildman–Crippen MR) is 47.0 cm³/mol. The molecule has 4 unspecified atom stereocenters. The Kier molecular flexibility index (Phi) is 1.59. The van der Waals surface area contributed by atoms with Gasteiger partial charge in [0.2, 0.25) is 0 Å². The highest BCUT2D eigenvalue weighted by molar-refractivity contribution is 5.26. The third-order valence-electron chi connectivity index (χ3n) is 3.94. The minimum absolute atomic E-state index is 0.0567. The first-order valence-electron chi connectivity index (χ1n) is 4.73. The van der Waals surface area contributed by atoms with Crippen molar-refractivity contribution in [1.29, 1.82) is 0 Å². The maximum absolute atomic E-state index is 5.62. The maximum atomic E-state index is 5.62. The summed E-state index contributed by atoms with van der Waals surface area (Å²) in [5, 5.41) is 0. The molecule has 0 aromatic carbocycles. The van der Waals surface area contributed by atoms with Gasteiger partial charge in [0.15, 0.2) is 0 Å². The van der Waals surface area contributed by atoms with Gasteiger partial charge in [-0.25, -0.2) is 0 Å². The van der Waals surface area contributed by atoms with E-state index in [-0.39, 0.29) is 11.2 Å². The third kappa shape index (κ3) is 0.728. The summed E-state index contributed by atoms with van der Waals surface area (Å²) < 4.78 is 11.2. The summed E-state index contributed by atoms with van der Waals surface area (Å²) in [7, 11) is 3.63. The molecule has 2 rings (SSSR count). The van der Waals surface area contributed by atoms with E-state index in [2.05, 4.69) is 13.8 Å². The number of hydrogen-bond acceptors (Lipinski definition) is 2. The largest absolute Gasteiger partial charge is 0.375 e. The van der Waals surface area contributed by atoms with Gasteiger partial charge in [-0.2, -0.15) is 0 Å². The molecule has 2 aliphatic rings. The molecular formula is C10H18O2. The molecular weight excluding hydrogens is 152 g/mol. The fourth-order valence-corrected chi connectivity index (χ4v) is 2.89. The van der Waals surface area contributed by atoms with Gasteiger partial charge in [-0.15, -0.1) is 0 Å². The molecule has 12 heavy (non-hydrogen) atoms. The minimum Gasteiger partial charge on any atom is -0.375 e. The molecule has 70 valence electrons. The lowest BCUT2D eigenvalue weighted by Crippen LogP contribution is -2.37. The highest BCUT2D eigenvalue weighted by Crippen LogP contribution is 2.67. The Morgan fingerprint density at radius 3 is 1.25 bits per heavy atom. The zero-order valence-corrected chi connectivity index (χ0v) is 8.39. The summed E-state index contributed by atoms with van der Waals surface area (Å²) in [6, 6.07) is 0. The Labute approximate surface area is 74.2 Å². The van der Waals surface area contributed by atoms with Gasteiger partial charge in [-0.1, -0.05) is 13.8 Å². The van der Waals surface area contributed by atoms with Crippen molar-refractivity contribution >= 4 is 0 Å². The van der Waals surface area contributed by atoms with Crippen LogP contribution >= 0.6 is 0 Å². The van der Waals surface area contributed by atoms with Crippen LogP contribution in [-0.2, 0) is 9.47 Å². The van der Waals surface area contributed by atoms with E-state index in [0.29, 0.717) is 11.8 Å². The van der Waals surface area contributed by atoms with E-state index in [4.69, 9.17) is 9.47 Å². The van der Waals surface area contributed by atoms with Gasteiger partial charge < -0.3 is 9.47 Å². The van der Waals surface area contributed by atoms with Crippen molar-refractivity contribution in [2.45, 2.75) is 37.9 Å². The van der Waals surface area contributed by atoms with Gasteiger partial charge in [-0.05, 0) is 24.7 Å². The van der Waals surface area contributed by atoms with Gasteiger partial charge in [-0.3, -0.25) is 0 Å². The number of ether oxygens (including phenoxy) is 2. The van der Waals surface area contributed by atoms with E-state index in [1.807, 2.05) is 14.2 Å². The minimum atomic E-state index is 0.0567. The van der Waals surface area contributed by atoms with E-state index in [9.17, 15) is 0 Å². The molecule has 2 fully saturated rings. The molecule has 0 saturated heterocycles. The predicted octanol–water partition coefficient (Wildman–Crippen LogP) is 1.84. The second-order valence-corrected chi connectivity index (χ2v) is 4.40. The van der Waals surface area contributed by atoms with Crippen LogP contribution in [0.4, 0.5) is 0 Å². The van der Waals surface area contributed by atoms with Crippen LogP contribution in [0.15, 0.2) is 0 Å². The molecule has 2 saturated carbocycles. The molecule has 0 radical (unpaired) electrons. The van der Waals surface area contributed by atoms with E-state index in [1.165, 1.54) is 12.8 Å². The van der Waals surface area contributed by atoms with Crippen LogP contribution in [0.25, 0.3) is 0 Å². The fraction of sp³-hybridized carbons (Fsp3) is 1.00. The maximum Gasteiger partial charge on any atom is 0.0999 e. The first kappa shape index (κ1) is 8.52. The summed E-state index contributed by atoms with van der Waals surface area (Å²) in [6.07, 6.45) is 2.34. The Balaban J connectivity index is 2.18. The molecule has 0 aliphatic heterocycles. The van der Waals surface area contributed by atoms with Gasteiger partial charge >= 0.3 is 0 Å². The molecule has 0 heterocycles. The molecule has 0 spiro atoms. The van der Waals surface area contributed by atoms with Crippen LogP contribution in [0.3, 0.4) is 0 Å². The SMILES string of the molecule is COC1(C2(OC)CC2C)CC1C. The number of hydrogen-bond donors (Lipinski definition) is 0. The Morgan fingerprint density at radius 2 is 1.17 bits per heavy atom. The van der Waals surface area contributed by atoms with Gasteiger partial charge in [0.05, 0.1) is 11.2 Å². The lowest BCUT2D eigenvalue weighted by atomic mass is 10.1. The first-order chi connectivity index (χ1) is 5.63. The molecule has 0 amide bonds. The fourth-order valence-electron chi connectivity index (χ4n) is 2.89. The van der Waals surface area contributed by atoms with Crippen molar-refractivity contribution in [3.05, 3.63) is 0 Å². The van der Waals surface area contributed by atoms with Crippen LogP contribution in [-0.4, -0.2) is 25.4 Å². The lowest BCUT2D eigenvalue weighted by molar-refractivity contribution is -0.0872. The molecule has 0 aromatic rings. The Hall–Kier alpha value is -0.0800. The average molecular weight is 170 g/mol. The Bertz CT molecular complexity index is 174. The van der Waals surface area contributed by atoms with E-state index in [0.717, 1.165) is 0 Å². The average Bonchev–Trinajstić information content (AvgIpc) is 2.90. The normalized spacial score (nSPS) is 57.0. The smallest absolute Gasteiger partial charge is 0.0999 e. The van der Waals surface area contributed by atoms with E-state index in [1.54, 1.807) is 0 Å². The van der Waals surface area contributed by atoms with E-state index >= 15 is 0 Å². The van der Waals surface area contributed by atoms with Gasteiger partial charge in [0.1, 0.15) is 0 Å². The second kappa shape index (κ2) is 2.24. The zero-order chi connectivity index (χ0) is 8.98. The van der Waals surface area contributed by atoms with Crippen molar-refractivity contribution in [2.75, 3.05) is 14.2 Å². The van der Waals surface area contributed by atoms with Crippen LogP contribution in [0.2, 0.25) is 0 Å². The van der Waals surface area contributed by atoms with E-state index < -0.39 is 0 Å². The van der Waals surface area contributed by atoms with Crippen molar-refractivity contribution in [1.82, 2.24) is 0 Å². The monoisotopic (exact) mass is 170 g/mol. The van der Waals surface area contributed by atoms with Crippen molar-refractivity contribution in [2.24, 2.45) is 11.8 Å². The molecule has 0 aromatic heterocycles. The molecule has 2 aliphatic carbocycles. The summed E-state index contributed by atoms with van der Waals surface area (Å²) in [4.78, 5) is 0. The summed E-state index contributed by atoms with van der Waals surface area (Å²) in [5.41, 5.74) is 0.113. The molecule has 0 N–H and O–H groups in total. The van der Waals surface area contributed by atoms with Crippen LogP contribution < -0.4 is 0 Å². The number of rotatable bonds is 3. The topological polar surface area (TPSA) is 18.5 Å². The van der Waals surface area contributed by atoms with Crippen molar-refractivity contribution < 1.29 is 9.47 Å². The van der Waals surface area contributed by atoms with Crippen LogP contribution in [0, 0.1) is 11.8 Å². The summed E-state index contributed by atoms with van der Waals surface area (Å²) in [5.74, 6) is 1.35. The molecule has 0 bridgehead atoms. The molecule has 2 heteroatoms. The zero-order valence-electron chi connectivity index (χ0n) is 8.39. The molecule has 4 atom stereocenters. The summed E-state index contributed by atoms with van der Waals surface area (Å²) >= 11 is 0. The standard InChI is InChI=1S/C10H18O2/c1-7-5-9(7,11-3)10(12-4)6-8(10)2/h7-8H,5-6H2,1-4H3. The van der Waals surface area contributed by atoms with Crippen LogP contribution in [0.1, 0.15) is 26.7 Å². The quantitative estimate of drug-likeness (QED) is 0.643. The highest BCUT2D eigenvalue weighted by atomic mass is 16.6. The van der Waals surface area contributed by atoms with Gasteiger partial charge in [0, 0.05) is 14.2 Å².